The van der Waals surface area contributed by atoms with Gasteiger partial charge in [0.15, 0.2) is 5.78 Å². The highest BCUT2D eigenvalue weighted by Gasteiger charge is 2.26. The number of ketones is 1. The highest BCUT2D eigenvalue weighted by Crippen LogP contribution is 2.27. The molecule has 0 unspecified atom stereocenters. The molecule has 3 rings (SSSR count). The lowest BCUT2D eigenvalue weighted by atomic mass is 9.94. The maximum atomic E-state index is 12.5. The van der Waals surface area contributed by atoms with Crippen molar-refractivity contribution in [2.24, 2.45) is 0 Å². The second-order valence-corrected chi connectivity index (χ2v) is 6.11. The Kier molecular flexibility index (Phi) is 3.79. The fourth-order valence-corrected chi connectivity index (χ4v) is 3.18. The molecule has 0 fully saturated rings. The molecule has 0 spiro atoms. The number of rotatable bonds is 2. The van der Waals surface area contributed by atoms with Gasteiger partial charge in [-0.1, -0.05) is 11.6 Å². The summed E-state index contributed by atoms with van der Waals surface area (Å²) in [5, 5.41) is 3.51. The van der Waals surface area contributed by atoms with Gasteiger partial charge < -0.3 is 10.3 Å². The smallest absolute Gasteiger partial charge is 0.272 e. The van der Waals surface area contributed by atoms with Crippen LogP contribution in [0.3, 0.4) is 0 Å². The van der Waals surface area contributed by atoms with Crippen LogP contribution in [0.4, 0.5) is 5.69 Å². The van der Waals surface area contributed by atoms with Crippen molar-refractivity contribution >= 4 is 29.0 Å². The van der Waals surface area contributed by atoms with Crippen molar-refractivity contribution in [2.75, 3.05) is 5.32 Å². The molecule has 0 atom stereocenters. The van der Waals surface area contributed by atoms with Crippen LogP contribution in [0.15, 0.2) is 18.2 Å². The first-order chi connectivity index (χ1) is 10.5. The van der Waals surface area contributed by atoms with Gasteiger partial charge in [0.2, 0.25) is 0 Å². The van der Waals surface area contributed by atoms with Gasteiger partial charge in [-0.15, -0.1) is 0 Å². The van der Waals surface area contributed by atoms with Crippen LogP contribution in [0.2, 0.25) is 5.02 Å². The summed E-state index contributed by atoms with van der Waals surface area (Å²) in [6.07, 6.45) is 2.21. The molecule has 0 saturated heterocycles. The Hall–Kier alpha value is -2.07. The first kappa shape index (κ1) is 14.9. The molecule has 1 aliphatic carbocycles. The van der Waals surface area contributed by atoms with E-state index in [1.165, 1.54) is 0 Å². The van der Waals surface area contributed by atoms with Crippen molar-refractivity contribution in [3.05, 3.63) is 51.3 Å². The van der Waals surface area contributed by atoms with Gasteiger partial charge in [-0.2, -0.15) is 0 Å². The largest absolute Gasteiger partial charge is 0.354 e. The van der Waals surface area contributed by atoms with Gasteiger partial charge in [0.1, 0.15) is 5.69 Å². The summed E-state index contributed by atoms with van der Waals surface area (Å²) in [6, 6.07) is 5.31. The number of hydrogen-bond donors (Lipinski definition) is 2. The minimum atomic E-state index is -0.231. The number of amides is 1. The molecule has 4 nitrogen and oxygen atoms in total. The number of carbonyl (C=O) groups excluding carboxylic acids is 2. The molecule has 0 aliphatic heterocycles. The number of aromatic nitrogens is 1. The number of Topliss-reactive ketones (excluding diaryl/α,β-unsaturated/α-hetero) is 1. The molecule has 0 radical (unpaired) electrons. The predicted molar refractivity (Wildman–Crippen MR) is 86.9 cm³/mol. The first-order valence-electron chi connectivity index (χ1n) is 7.29. The van der Waals surface area contributed by atoms with Crippen LogP contribution in [0.25, 0.3) is 0 Å². The van der Waals surface area contributed by atoms with E-state index in [4.69, 9.17) is 11.6 Å². The summed E-state index contributed by atoms with van der Waals surface area (Å²) < 4.78 is 0. The quantitative estimate of drug-likeness (QED) is 0.877. The van der Waals surface area contributed by atoms with E-state index in [1.54, 1.807) is 18.2 Å². The van der Waals surface area contributed by atoms with E-state index < -0.39 is 0 Å². The van der Waals surface area contributed by atoms with Crippen LogP contribution in [0.5, 0.6) is 0 Å². The van der Waals surface area contributed by atoms with Gasteiger partial charge in [0, 0.05) is 28.4 Å². The van der Waals surface area contributed by atoms with E-state index in [2.05, 4.69) is 10.3 Å². The monoisotopic (exact) mass is 316 g/mol. The molecule has 1 aromatic carbocycles. The number of carbonyl (C=O) groups is 2. The van der Waals surface area contributed by atoms with Gasteiger partial charge in [-0.3, -0.25) is 9.59 Å². The summed E-state index contributed by atoms with van der Waals surface area (Å²) in [5.74, 6) is -0.109. The average molecular weight is 317 g/mol. The summed E-state index contributed by atoms with van der Waals surface area (Å²) >= 11 is 5.92. The van der Waals surface area contributed by atoms with Crippen LogP contribution in [-0.4, -0.2) is 16.7 Å². The zero-order chi connectivity index (χ0) is 15.9. The minimum absolute atomic E-state index is 0.122. The molecular formula is C17H17ClN2O2. The normalized spacial score (nSPS) is 13.9. The number of H-pyrrole nitrogens is 1. The molecule has 1 amide bonds. The predicted octanol–water partition coefficient (Wildman–Crippen LogP) is 4.06. The van der Waals surface area contributed by atoms with Crippen molar-refractivity contribution in [2.45, 2.75) is 33.1 Å². The Morgan fingerprint density at radius 3 is 2.73 bits per heavy atom. The van der Waals surface area contributed by atoms with E-state index in [0.29, 0.717) is 28.4 Å². The zero-order valence-electron chi connectivity index (χ0n) is 12.5. The lowest BCUT2D eigenvalue weighted by Gasteiger charge is -2.09. The topological polar surface area (TPSA) is 62.0 Å². The van der Waals surface area contributed by atoms with E-state index >= 15 is 0 Å². The first-order valence-corrected chi connectivity index (χ1v) is 7.67. The Labute approximate surface area is 133 Å². The van der Waals surface area contributed by atoms with Gasteiger partial charge in [-0.25, -0.2) is 0 Å². The Balaban J connectivity index is 1.91. The van der Waals surface area contributed by atoms with Crippen LogP contribution in [0.1, 0.15) is 50.5 Å². The van der Waals surface area contributed by atoms with Crippen molar-refractivity contribution in [1.29, 1.82) is 0 Å². The number of nitrogens with one attached hydrogen (secondary N) is 2. The zero-order valence-corrected chi connectivity index (χ0v) is 13.3. The van der Waals surface area contributed by atoms with Gasteiger partial charge in [0.25, 0.3) is 5.91 Å². The summed E-state index contributed by atoms with van der Waals surface area (Å²) in [4.78, 5) is 27.7. The molecule has 1 aromatic heterocycles. The standard InChI is InChI=1S/C17H17ClN2O2/c1-9-8-11(18)6-7-12(9)20-17(22)16-10(2)15-13(19-16)4-3-5-14(15)21/h6-8,19H,3-5H2,1-2H3,(H,20,22). The third-order valence-corrected chi connectivity index (χ3v) is 4.34. The van der Waals surface area contributed by atoms with Gasteiger partial charge in [-0.05, 0) is 56.0 Å². The lowest BCUT2D eigenvalue weighted by Crippen LogP contribution is -2.14. The Bertz CT molecular complexity index is 777. The molecule has 0 bridgehead atoms. The Morgan fingerprint density at radius 1 is 1.27 bits per heavy atom. The second kappa shape index (κ2) is 5.61. The van der Waals surface area contributed by atoms with E-state index in [-0.39, 0.29) is 11.7 Å². The van der Waals surface area contributed by atoms with Crippen molar-refractivity contribution in [3.63, 3.8) is 0 Å². The number of halogens is 1. The lowest BCUT2D eigenvalue weighted by molar-refractivity contribution is 0.0971. The minimum Gasteiger partial charge on any atom is -0.354 e. The summed E-state index contributed by atoms with van der Waals surface area (Å²) in [5.41, 5.74) is 4.40. The van der Waals surface area contributed by atoms with Crippen molar-refractivity contribution < 1.29 is 9.59 Å². The van der Waals surface area contributed by atoms with E-state index in [1.807, 2.05) is 13.8 Å². The SMILES string of the molecule is Cc1cc(Cl)ccc1NC(=O)c1[nH]c2c(c1C)C(=O)CCC2. The fourth-order valence-electron chi connectivity index (χ4n) is 2.95. The fraction of sp³-hybridized carbons (Fsp3) is 0.294. The number of benzene rings is 1. The van der Waals surface area contributed by atoms with Gasteiger partial charge >= 0.3 is 0 Å². The van der Waals surface area contributed by atoms with Crippen molar-refractivity contribution in [3.8, 4) is 0 Å². The third-order valence-electron chi connectivity index (χ3n) is 4.10. The number of anilines is 1. The average Bonchev–Trinajstić information content (AvgIpc) is 2.80. The molecule has 5 heteroatoms. The number of aromatic amines is 1. The molecule has 1 aliphatic rings. The van der Waals surface area contributed by atoms with Gasteiger partial charge in [0.05, 0.1) is 0 Å². The highest BCUT2D eigenvalue weighted by molar-refractivity contribution is 6.30. The number of aryl methyl sites for hydroxylation is 2. The molecule has 2 aromatic rings. The molecule has 1 heterocycles. The third kappa shape index (κ3) is 2.55. The van der Waals surface area contributed by atoms with Crippen molar-refractivity contribution in [1.82, 2.24) is 4.98 Å². The summed E-state index contributed by atoms with van der Waals surface area (Å²) in [6.45, 7) is 3.71. The molecule has 0 saturated carbocycles. The second-order valence-electron chi connectivity index (χ2n) is 5.67. The van der Waals surface area contributed by atoms with E-state index in [0.717, 1.165) is 29.7 Å². The molecule has 22 heavy (non-hydrogen) atoms. The molecular weight excluding hydrogens is 300 g/mol. The van der Waals surface area contributed by atoms with Crippen LogP contribution >= 0.6 is 11.6 Å². The number of fused-ring (bicyclic) bond motifs is 1. The van der Waals surface area contributed by atoms with Crippen LogP contribution in [-0.2, 0) is 6.42 Å². The molecule has 2 N–H and O–H groups in total. The maximum absolute atomic E-state index is 12.5. The van der Waals surface area contributed by atoms with E-state index in [9.17, 15) is 9.59 Å². The Morgan fingerprint density at radius 2 is 2.05 bits per heavy atom. The van der Waals surface area contributed by atoms with Crippen LogP contribution in [0, 0.1) is 13.8 Å². The number of hydrogen-bond acceptors (Lipinski definition) is 2. The summed E-state index contributed by atoms with van der Waals surface area (Å²) in [7, 11) is 0. The van der Waals surface area contributed by atoms with Crippen LogP contribution < -0.4 is 5.32 Å². The maximum Gasteiger partial charge on any atom is 0.272 e. The highest BCUT2D eigenvalue weighted by atomic mass is 35.5. The molecule has 114 valence electrons.